The maximum absolute atomic E-state index is 13.6. The van der Waals surface area contributed by atoms with Gasteiger partial charge < -0.3 is 14.7 Å². The van der Waals surface area contributed by atoms with Crippen molar-refractivity contribution in [1.29, 1.82) is 0 Å². The molecule has 27 heavy (non-hydrogen) atoms. The first-order valence-electron chi connectivity index (χ1n) is 9.79. The standard InChI is InChI=1S/C21H30N2O4/c1-16-6-5-7-17(12-16)21(8-3-4-9-21)20(26)23-10-11-27-18(14-23)13-22(2)15-19(24)25/h5-7,12,18H,3-4,8-11,13-15H2,1-2H3,(H,24,25). The molecule has 1 saturated carbocycles. The van der Waals surface area contributed by atoms with Crippen LogP contribution in [0.25, 0.3) is 0 Å². The zero-order valence-electron chi connectivity index (χ0n) is 16.3. The summed E-state index contributed by atoms with van der Waals surface area (Å²) in [5.41, 5.74) is 1.90. The number of nitrogens with zero attached hydrogens (tertiary/aromatic N) is 2. The summed E-state index contributed by atoms with van der Waals surface area (Å²) in [6.07, 6.45) is 3.80. The first-order valence-corrected chi connectivity index (χ1v) is 9.79. The fourth-order valence-electron chi connectivity index (χ4n) is 4.51. The lowest BCUT2D eigenvalue weighted by molar-refractivity contribution is -0.146. The van der Waals surface area contributed by atoms with E-state index in [1.54, 1.807) is 11.9 Å². The molecule has 1 atom stereocenters. The fourth-order valence-corrected chi connectivity index (χ4v) is 4.51. The fraction of sp³-hybridized carbons (Fsp3) is 0.619. The minimum Gasteiger partial charge on any atom is -0.480 e. The highest BCUT2D eigenvalue weighted by molar-refractivity contribution is 5.89. The Bertz CT molecular complexity index is 685. The summed E-state index contributed by atoms with van der Waals surface area (Å²) < 4.78 is 5.80. The number of benzene rings is 1. The van der Waals surface area contributed by atoms with Crippen LogP contribution in [0.2, 0.25) is 0 Å². The molecule has 6 heteroatoms. The van der Waals surface area contributed by atoms with Crippen molar-refractivity contribution in [2.75, 3.05) is 39.8 Å². The van der Waals surface area contributed by atoms with Gasteiger partial charge in [0.15, 0.2) is 0 Å². The molecule has 3 rings (SSSR count). The summed E-state index contributed by atoms with van der Waals surface area (Å²) >= 11 is 0. The van der Waals surface area contributed by atoms with E-state index in [1.165, 1.54) is 5.56 Å². The smallest absolute Gasteiger partial charge is 0.317 e. The Morgan fingerprint density at radius 1 is 1.33 bits per heavy atom. The third-order valence-electron chi connectivity index (χ3n) is 5.78. The monoisotopic (exact) mass is 374 g/mol. The van der Waals surface area contributed by atoms with Gasteiger partial charge in [-0.05, 0) is 32.4 Å². The molecule has 1 saturated heterocycles. The van der Waals surface area contributed by atoms with Crippen LogP contribution in [-0.2, 0) is 19.7 Å². The number of rotatable bonds is 6. The minimum atomic E-state index is -0.856. The zero-order valence-corrected chi connectivity index (χ0v) is 16.3. The number of carboxylic acids is 1. The van der Waals surface area contributed by atoms with E-state index < -0.39 is 11.4 Å². The number of carboxylic acid groups (broad SMARTS) is 1. The lowest BCUT2D eigenvalue weighted by atomic mass is 9.77. The highest BCUT2D eigenvalue weighted by Crippen LogP contribution is 2.43. The van der Waals surface area contributed by atoms with Crippen LogP contribution in [0.5, 0.6) is 0 Å². The maximum Gasteiger partial charge on any atom is 0.317 e. The van der Waals surface area contributed by atoms with E-state index in [2.05, 4.69) is 25.1 Å². The van der Waals surface area contributed by atoms with Gasteiger partial charge in [-0.1, -0.05) is 42.7 Å². The van der Waals surface area contributed by atoms with Crippen LogP contribution in [0.15, 0.2) is 24.3 Å². The molecule has 1 aromatic rings. The second-order valence-electron chi connectivity index (χ2n) is 7.99. The number of aliphatic carboxylic acids is 1. The van der Waals surface area contributed by atoms with Gasteiger partial charge in [0.05, 0.1) is 24.7 Å². The molecular weight excluding hydrogens is 344 g/mol. The average molecular weight is 374 g/mol. The molecule has 1 unspecified atom stereocenters. The number of hydrogen-bond donors (Lipinski definition) is 1. The van der Waals surface area contributed by atoms with E-state index in [0.717, 1.165) is 31.2 Å². The third-order valence-corrected chi connectivity index (χ3v) is 5.78. The van der Waals surface area contributed by atoms with Gasteiger partial charge in [-0.25, -0.2) is 0 Å². The lowest BCUT2D eigenvalue weighted by Gasteiger charge is -2.40. The van der Waals surface area contributed by atoms with E-state index >= 15 is 0 Å². The number of hydrogen-bond acceptors (Lipinski definition) is 4. The molecule has 2 fully saturated rings. The summed E-state index contributed by atoms with van der Waals surface area (Å²) in [4.78, 5) is 28.2. The average Bonchev–Trinajstić information content (AvgIpc) is 3.11. The molecule has 0 spiro atoms. The molecule has 2 aliphatic rings. The Balaban J connectivity index is 1.73. The van der Waals surface area contributed by atoms with Crippen molar-refractivity contribution in [3.05, 3.63) is 35.4 Å². The molecule has 1 amide bonds. The topological polar surface area (TPSA) is 70.1 Å². The van der Waals surface area contributed by atoms with Crippen LogP contribution in [-0.4, -0.2) is 72.7 Å². The number of carbonyl (C=O) groups excluding carboxylic acids is 1. The first kappa shape index (κ1) is 19.8. The Kier molecular flexibility index (Phi) is 6.17. The van der Waals surface area contributed by atoms with Crippen LogP contribution >= 0.6 is 0 Å². The molecule has 1 heterocycles. The predicted octanol–water partition coefficient (Wildman–Crippen LogP) is 2.05. The highest BCUT2D eigenvalue weighted by atomic mass is 16.5. The Labute approximate surface area is 161 Å². The van der Waals surface area contributed by atoms with Crippen molar-refractivity contribution < 1.29 is 19.4 Å². The number of ether oxygens (including phenoxy) is 1. The molecule has 1 N–H and O–H groups in total. The number of carbonyl (C=O) groups is 2. The lowest BCUT2D eigenvalue weighted by Crippen LogP contribution is -2.54. The molecule has 0 bridgehead atoms. The van der Waals surface area contributed by atoms with Gasteiger partial charge in [-0.3, -0.25) is 14.5 Å². The summed E-state index contributed by atoms with van der Waals surface area (Å²) in [7, 11) is 1.77. The third kappa shape index (κ3) is 4.50. The summed E-state index contributed by atoms with van der Waals surface area (Å²) in [6, 6.07) is 8.36. The zero-order chi connectivity index (χ0) is 19.4. The minimum absolute atomic E-state index is 0.0267. The van der Waals surface area contributed by atoms with E-state index in [-0.39, 0.29) is 18.6 Å². The van der Waals surface area contributed by atoms with Crippen molar-refractivity contribution in [2.24, 2.45) is 0 Å². The van der Waals surface area contributed by atoms with Gasteiger partial charge in [0.2, 0.25) is 5.91 Å². The molecule has 6 nitrogen and oxygen atoms in total. The maximum atomic E-state index is 13.6. The first-order chi connectivity index (χ1) is 12.9. The van der Waals surface area contributed by atoms with Crippen molar-refractivity contribution >= 4 is 11.9 Å². The van der Waals surface area contributed by atoms with Gasteiger partial charge in [-0.2, -0.15) is 0 Å². The summed E-state index contributed by atoms with van der Waals surface area (Å²) in [5.74, 6) is -0.648. The second-order valence-corrected chi connectivity index (χ2v) is 7.99. The Morgan fingerprint density at radius 3 is 2.74 bits per heavy atom. The quantitative estimate of drug-likeness (QED) is 0.825. The van der Waals surface area contributed by atoms with E-state index in [9.17, 15) is 9.59 Å². The molecular formula is C21H30N2O4. The van der Waals surface area contributed by atoms with E-state index in [1.807, 2.05) is 11.0 Å². The van der Waals surface area contributed by atoms with Crippen LogP contribution in [0.4, 0.5) is 0 Å². The van der Waals surface area contributed by atoms with E-state index in [4.69, 9.17) is 9.84 Å². The number of morpholine rings is 1. The van der Waals surface area contributed by atoms with Gasteiger partial charge in [0.1, 0.15) is 0 Å². The number of amides is 1. The van der Waals surface area contributed by atoms with E-state index in [0.29, 0.717) is 26.2 Å². The normalized spacial score (nSPS) is 22.2. The van der Waals surface area contributed by atoms with Crippen LogP contribution in [0.1, 0.15) is 36.8 Å². The van der Waals surface area contributed by atoms with Crippen molar-refractivity contribution in [1.82, 2.24) is 9.80 Å². The van der Waals surface area contributed by atoms with Crippen molar-refractivity contribution in [3.8, 4) is 0 Å². The molecule has 148 valence electrons. The highest BCUT2D eigenvalue weighted by Gasteiger charge is 2.45. The molecule has 0 radical (unpaired) electrons. The molecule has 1 aromatic carbocycles. The summed E-state index contributed by atoms with van der Waals surface area (Å²) in [5, 5.41) is 8.93. The predicted molar refractivity (Wildman–Crippen MR) is 103 cm³/mol. The van der Waals surface area contributed by atoms with Gasteiger partial charge in [0, 0.05) is 19.6 Å². The van der Waals surface area contributed by atoms with Crippen LogP contribution in [0.3, 0.4) is 0 Å². The second kappa shape index (κ2) is 8.40. The van der Waals surface area contributed by atoms with Crippen LogP contribution in [0, 0.1) is 6.92 Å². The van der Waals surface area contributed by atoms with Gasteiger partial charge >= 0.3 is 5.97 Å². The number of likely N-dealkylation sites (N-methyl/N-ethyl adjacent to an activating group) is 1. The molecule has 1 aliphatic heterocycles. The Morgan fingerprint density at radius 2 is 2.07 bits per heavy atom. The largest absolute Gasteiger partial charge is 0.480 e. The van der Waals surface area contributed by atoms with Crippen LogP contribution < -0.4 is 0 Å². The molecule has 1 aliphatic carbocycles. The van der Waals surface area contributed by atoms with Crippen molar-refractivity contribution in [2.45, 2.75) is 44.1 Å². The SMILES string of the molecule is Cc1cccc(C2(C(=O)N3CCOC(CN(C)CC(=O)O)C3)CCCC2)c1. The number of aryl methyl sites for hydroxylation is 1. The van der Waals surface area contributed by atoms with Gasteiger partial charge in [-0.15, -0.1) is 0 Å². The Hall–Kier alpha value is -1.92. The molecule has 0 aromatic heterocycles. The van der Waals surface area contributed by atoms with Crippen molar-refractivity contribution in [3.63, 3.8) is 0 Å². The van der Waals surface area contributed by atoms with Gasteiger partial charge in [0.25, 0.3) is 0 Å². The summed E-state index contributed by atoms with van der Waals surface area (Å²) in [6.45, 7) is 4.18.